The lowest BCUT2D eigenvalue weighted by atomic mass is 10.00. The molecule has 3 aromatic rings. The van der Waals surface area contributed by atoms with Crippen LogP contribution < -0.4 is 9.47 Å². The van der Waals surface area contributed by atoms with Crippen LogP contribution in [-0.4, -0.2) is 7.11 Å². The first kappa shape index (κ1) is 17.6. The summed E-state index contributed by atoms with van der Waals surface area (Å²) in [6, 6.07) is 24.0. The van der Waals surface area contributed by atoms with E-state index in [1.807, 2.05) is 79.7 Å². The summed E-state index contributed by atoms with van der Waals surface area (Å²) in [5.41, 5.74) is 4.25. The molecule has 0 aliphatic rings. The van der Waals surface area contributed by atoms with E-state index in [0.717, 1.165) is 28.0 Å². The maximum Gasteiger partial charge on any atom is 0.169 e. The van der Waals surface area contributed by atoms with Crippen LogP contribution in [0, 0.1) is 0 Å². The second-order valence-corrected chi connectivity index (χ2v) is 5.88. The summed E-state index contributed by atoms with van der Waals surface area (Å²) < 4.78 is 11.4. The number of benzene rings is 3. The first-order chi connectivity index (χ1) is 12.7. The molecule has 0 saturated heterocycles. The SMILES string of the molecule is C=C(c1ccccc1)c1ccc(Oc2ccc(/C=C\C)cc2OC)cc1. The van der Waals surface area contributed by atoms with E-state index >= 15 is 0 Å². The highest BCUT2D eigenvalue weighted by molar-refractivity contribution is 5.78. The van der Waals surface area contributed by atoms with Crippen molar-refractivity contribution in [2.75, 3.05) is 7.11 Å². The van der Waals surface area contributed by atoms with Crippen molar-refractivity contribution < 1.29 is 9.47 Å². The Bertz CT molecular complexity index is 907. The molecule has 2 nitrogen and oxygen atoms in total. The summed E-state index contributed by atoms with van der Waals surface area (Å²) in [5, 5.41) is 0. The Labute approximate surface area is 155 Å². The molecule has 3 aromatic carbocycles. The fraction of sp³-hybridized carbons (Fsp3) is 0.0833. The van der Waals surface area contributed by atoms with Gasteiger partial charge in [-0.25, -0.2) is 0 Å². The molecule has 0 aromatic heterocycles. The number of hydrogen-bond acceptors (Lipinski definition) is 2. The molecule has 0 aliphatic heterocycles. The van der Waals surface area contributed by atoms with Crippen LogP contribution in [0.5, 0.6) is 17.2 Å². The van der Waals surface area contributed by atoms with Gasteiger partial charge in [0.25, 0.3) is 0 Å². The van der Waals surface area contributed by atoms with Crippen LogP contribution in [0.4, 0.5) is 0 Å². The zero-order valence-electron chi connectivity index (χ0n) is 15.1. The van der Waals surface area contributed by atoms with Gasteiger partial charge < -0.3 is 9.47 Å². The van der Waals surface area contributed by atoms with E-state index in [1.54, 1.807) is 7.11 Å². The maximum atomic E-state index is 6.00. The largest absolute Gasteiger partial charge is 0.493 e. The molecule has 0 heterocycles. The van der Waals surface area contributed by atoms with Gasteiger partial charge in [-0.15, -0.1) is 0 Å². The zero-order chi connectivity index (χ0) is 18.4. The standard InChI is InChI=1S/C24H22O2/c1-4-8-19-11-16-23(24(17-19)25-3)26-22-14-12-21(13-15-22)18(2)20-9-6-5-7-10-20/h4-17H,2H2,1,3H3/b8-4-. The molecule has 0 aliphatic carbocycles. The van der Waals surface area contributed by atoms with E-state index in [2.05, 4.69) is 18.7 Å². The number of ether oxygens (including phenoxy) is 2. The van der Waals surface area contributed by atoms with Crippen LogP contribution in [-0.2, 0) is 0 Å². The number of rotatable bonds is 6. The summed E-state index contributed by atoms with van der Waals surface area (Å²) in [6.45, 7) is 6.18. The van der Waals surface area contributed by atoms with Gasteiger partial charge >= 0.3 is 0 Å². The van der Waals surface area contributed by atoms with Crippen LogP contribution in [0.15, 0.2) is 85.5 Å². The van der Waals surface area contributed by atoms with Crippen molar-refractivity contribution in [3.05, 3.63) is 102 Å². The molecule has 0 unspecified atom stereocenters. The second kappa shape index (κ2) is 8.21. The molecule has 0 atom stereocenters. The molecule has 0 amide bonds. The van der Waals surface area contributed by atoms with Crippen molar-refractivity contribution in [2.24, 2.45) is 0 Å². The molecule has 130 valence electrons. The third kappa shape index (κ3) is 4.04. The smallest absolute Gasteiger partial charge is 0.169 e. The molecular formula is C24H22O2. The first-order valence-electron chi connectivity index (χ1n) is 8.54. The second-order valence-electron chi connectivity index (χ2n) is 5.88. The van der Waals surface area contributed by atoms with Crippen molar-refractivity contribution in [2.45, 2.75) is 6.92 Å². The average molecular weight is 342 g/mol. The molecule has 0 N–H and O–H groups in total. The molecule has 0 fully saturated rings. The summed E-state index contributed by atoms with van der Waals surface area (Å²) in [7, 11) is 1.65. The van der Waals surface area contributed by atoms with Crippen molar-refractivity contribution in [3.63, 3.8) is 0 Å². The van der Waals surface area contributed by atoms with Crippen LogP contribution >= 0.6 is 0 Å². The van der Waals surface area contributed by atoms with E-state index in [-0.39, 0.29) is 0 Å². The topological polar surface area (TPSA) is 18.5 Å². The van der Waals surface area contributed by atoms with Crippen LogP contribution in [0.2, 0.25) is 0 Å². The van der Waals surface area contributed by atoms with Gasteiger partial charge in [0.05, 0.1) is 7.11 Å². The van der Waals surface area contributed by atoms with Crippen molar-refractivity contribution in [1.29, 1.82) is 0 Å². The molecule has 0 bridgehead atoms. The monoisotopic (exact) mass is 342 g/mol. The summed E-state index contributed by atoms with van der Waals surface area (Å²) in [5.74, 6) is 2.15. The number of methoxy groups -OCH3 is 1. The molecule has 0 saturated carbocycles. The minimum Gasteiger partial charge on any atom is -0.493 e. The van der Waals surface area contributed by atoms with Crippen molar-refractivity contribution in [3.8, 4) is 17.2 Å². The van der Waals surface area contributed by atoms with Gasteiger partial charge in [-0.2, -0.15) is 0 Å². The highest BCUT2D eigenvalue weighted by atomic mass is 16.5. The van der Waals surface area contributed by atoms with E-state index in [1.165, 1.54) is 0 Å². The quantitative estimate of drug-likeness (QED) is 0.503. The fourth-order valence-corrected chi connectivity index (χ4v) is 2.72. The third-order valence-electron chi connectivity index (χ3n) is 4.10. The maximum absolute atomic E-state index is 6.00. The highest BCUT2D eigenvalue weighted by Crippen LogP contribution is 2.33. The molecule has 2 heteroatoms. The lowest BCUT2D eigenvalue weighted by molar-refractivity contribution is 0.379. The Morgan fingerprint density at radius 1 is 0.846 bits per heavy atom. The fourth-order valence-electron chi connectivity index (χ4n) is 2.72. The Balaban J connectivity index is 1.78. The van der Waals surface area contributed by atoms with Gasteiger partial charge in [0.2, 0.25) is 0 Å². The summed E-state index contributed by atoms with van der Waals surface area (Å²) >= 11 is 0. The Hall–Kier alpha value is -3.26. The van der Waals surface area contributed by atoms with Gasteiger partial charge in [0.1, 0.15) is 5.75 Å². The van der Waals surface area contributed by atoms with E-state index in [0.29, 0.717) is 11.5 Å². The first-order valence-corrected chi connectivity index (χ1v) is 8.54. The van der Waals surface area contributed by atoms with Crippen LogP contribution in [0.1, 0.15) is 23.6 Å². The number of hydrogen-bond donors (Lipinski definition) is 0. The minimum absolute atomic E-state index is 0.690. The van der Waals surface area contributed by atoms with E-state index in [4.69, 9.17) is 9.47 Å². The van der Waals surface area contributed by atoms with Gasteiger partial charge in [0.15, 0.2) is 11.5 Å². The Morgan fingerprint density at radius 3 is 2.19 bits per heavy atom. The average Bonchev–Trinajstić information content (AvgIpc) is 2.70. The highest BCUT2D eigenvalue weighted by Gasteiger charge is 2.07. The molecule has 26 heavy (non-hydrogen) atoms. The number of allylic oxidation sites excluding steroid dienone is 1. The lowest BCUT2D eigenvalue weighted by Crippen LogP contribution is -1.92. The van der Waals surface area contributed by atoms with Gasteiger partial charge in [0, 0.05) is 0 Å². The predicted molar refractivity (Wildman–Crippen MR) is 109 cm³/mol. The van der Waals surface area contributed by atoms with Gasteiger partial charge in [-0.3, -0.25) is 0 Å². The molecule has 3 rings (SSSR count). The summed E-state index contributed by atoms with van der Waals surface area (Å²) in [4.78, 5) is 0. The van der Waals surface area contributed by atoms with Crippen LogP contribution in [0.3, 0.4) is 0 Å². The van der Waals surface area contributed by atoms with E-state index < -0.39 is 0 Å². The zero-order valence-corrected chi connectivity index (χ0v) is 15.1. The van der Waals surface area contributed by atoms with Gasteiger partial charge in [-0.05, 0) is 53.5 Å². The third-order valence-corrected chi connectivity index (χ3v) is 4.10. The Kier molecular flexibility index (Phi) is 5.55. The van der Waals surface area contributed by atoms with Gasteiger partial charge in [-0.1, -0.05) is 67.3 Å². The molecule has 0 spiro atoms. The predicted octanol–water partition coefficient (Wildman–Crippen LogP) is 6.58. The normalized spacial score (nSPS) is 10.7. The molecular weight excluding hydrogens is 320 g/mol. The van der Waals surface area contributed by atoms with Crippen molar-refractivity contribution in [1.82, 2.24) is 0 Å². The van der Waals surface area contributed by atoms with Crippen molar-refractivity contribution >= 4 is 11.6 Å². The molecule has 0 radical (unpaired) electrons. The summed E-state index contributed by atoms with van der Waals surface area (Å²) in [6.07, 6.45) is 4.02. The minimum atomic E-state index is 0.690. The van der Waals surface area contributed by atoms with Crippen LogP contribution in [0.25, 0.3) is 11.6 Å². The van der Waals surface area contributed by atoms with E-state index in [9.17, 15) is 0 Å². The lowest BCUT2D eigenvalue weighted by Gasteiger charge is -2.12. The Morgan fingerprint density at radius 2 is 1.54 bits per heavy atom.